The van der Waals surface area contributed by atoms with Crippen molar-refractivity contribution in [3.8, 4) is 0 Å². The number of hydrogen-bond acceptors (Lipinski definition) is 2. The van der Waals surface area contributed by atoms with Crippen LogP contribution in [0.2, 0.25) is 0 Å². The minimum Gasteiger partial charge on any atom is -0.316 e. The first kappa shape index (κ1) is 9.03. The van der Waals surface area contributed by atoms with Crippen molar-refractivity contribution in [2.75, 3.05) is 13.1 Å². The number of nitrogens with one attached hydrogen (secondary N) is 1. The smallest absolute Gasteiger partial charge is 0.0492 e. The summed E-state index contributed by atoms with van der Waals surface area (Å²) in [6.45, 7) is 2.42. The van der Waals surface area contributed by atoms with Crippen LogP contribution in [0.25, 0.3) is 0 Å². The molecule has 1 saturated heterocycles. The fraction of sp³-hybridized carbons (Fsp3) is 0.667. The van der Waals surface area contributed by atoms with Crippen LogP contribution in [0.15, 0.2) is 12.3 Å². The molecule has 0 aromatic carbocycles. The second kappa shape index (κ2) is 3.00. The monoisotopic (exact) mass is 199 g/mol. The zero-order chi connectivity index (χ0) is 8.13. The van der Waals surface area contributed by atoms with E-state index in [1.807, 2.05) is 17.9 Å². The van der Waals surface area contributed by atoms with Gasteiger partial charge in [-0.05, 0) is 31.0 Å². The van der Waals surface area contributed by atoms with Gasteiger partial charge < -0.3 is 5.32 Å². The van der Waals surface area contributed by atoms with Crippen molar-refractivity contribution in [1.82, 2.24) is 15.1 Å². The topological polar surface area (TPSA) is 29.9 Å². The summed E-state index contributed by atoms with van der Waals surface area (Å²) in [6, 6.07) is 2.16. The fourth-order valence-corrected chi connectivity index (χ4v) is 2.57. The number of hydrogen-bond donors (Lipinski definition) is 1. The normalized spacial score (nSPS) is 35.3. The SMILES string of the molecule is Cl.Cn1nccc1[C@@H]1[C@@H]2CNC[C@@H]21. The molecule has 2 heterocycles. The number of fused-ring (bicyclic) bond motifs is 1. The van der Waals surface area contributed by atoms with Crippen molar-refractivity contribution in [2.45, 2.75) is 5.92 Å². The average Bonchev–Trinajstić information content (AvgIpc) is 2.56. The summed E-state index contributed by atoms with van der Waals surface area (Å²) in [6.07, 6.45) is 1.90. The van der Waals surface area contributed by atoms with Gasteiger partial charge in [-0.15, -0.1) is 12.4 Å². The van der Waals surface area contributed by atoms with Crippen LogP contribution in [-0.2, 0) is 7.05 Å². The zero-order valence-corrected chi connectivity index (χ0v) is 8.42. The molecular weight excluding hydrogens is 186 g/mol. The van der Waals surface area contributed by atoms with Crippen molar-refractivity contribution in [1.29, 1.82) is 0 Å². The molecule has 1 aromatic heterocycles. The molecular formula is C9H14ClN3. The van der Waals surface area contributed by atoms with Gasteiger partial charge in [0, 0.05) is 24.9 Å². The van der Waals surface area contributed by atoms with Gasteiger partial charge in [-0.2, -0.15) is 5.10 Å². The molecule has 72 valence electrons. The molecule has 3 nitrogen and oxygen atoms in total. The number of aromatic nitrogens is 2. The Morgan fingerprint density at radius 2 is 2.15 bits per heavy atom. The van der Waals surface area contributed by atoms with E-state index < -0.39 is 0 Å². The number of rotatable bonds is 1. The molecule has 0 amide bonds. The van der Waals surface area contributed by atoms with Crippen LogP contribution in [-0.4, -0.2) is 22.9 Å². The molecule has 1 saturated carbocycles. The molecule has 4 heteroatoms. The number of halogens is 1. The highest BCUT2D eigenvalue weighted by atomic mass is 35.5. The zero-order valence-electron chi connectivity index (χ0n) is 7.60. The Morgan fingerprint density at radius 1 is 1.46 bits per heavy atom. The van der Waals surface area contributed by atoms with Crippen molar-refractivity contribution in [3.63, 3.8) is 0 Å². The van der Waals surface area contributed by atoms with E-state index >= 15 is 0 Å². The van der Waals surface area contributed by atoms with Crippen LogP contribution in [0.5, 0.6) is 0 Å². The van der Waals surface area contributed by atoms with Crippen LogP contribution in [0, 0.1) is 11.8 Å². The molecule has 0 unspecified atom stereocenters. The largest absolute Gasteiger partial charge is 0.316 e. The lowest BCUT2D eigenvalue weighted by molar-refractivity contribution is 0.631. The van der Waals surface area contributed by atoms with E-state index in [2.05, 4.69) is 16.5 Å². The Balaban J connectivity index is 0.000000653. The summed E-state index contributed by atoms with van der Waals surface area (Å²) < 4.78 is 2.02. The molecule has 0 bridgehead atoms. The molecule has 1 aromatic rings. The Morgan fingerprint density at radius 3 is 2.69 bits per heavy atom. The lowest BCUT2D eigenvalue weighted by Crippen LogP contribution is -2.15. The first-order chi connectivity index (χ1) is 5.88. The van der Waals surface area contributed by atoms with Gasteiger partial charge in [0.15, 0.2) is 0 Å². The molecule has 2 aliphatic rings. The van der Waals surface area contributed by atoms with Gasteiger partial charge >= 0.3 is 0 Å². The number of nitrogens with zero attached hydrogens (tertiary/aromatic N) is 2. The third kappa shape index (κ3) is 1.18. The molecule has 13 heavy (non-hydrogen) atoms. The van der Waals surface area contributed by atoms with E-state index in [-0.39, 0.29) is 12.4 Å². The minimum absolute atomic E-state index is 0. The van der Waals surface area contributed by atoms with Gasteiger partial charge in [-0.3, -0.25) is 4.68 Å². The lowest BCUT2D eigenvalue weighted by Gasteiger charge is -2.03. The highest BCUT2D eigenvalue weighted by molar-refractivity contribution is 5.85. The van der Waals surface area contributed by atoms with Crippen molar-refractivity contribution in [3.05, 3.63) is 18.0 Å². The Bertz CT molecular complexity index is 300. The van der Waals surface area contributed by atoms with E-state index in [0.717, 1.165) is 17.8 Å². The van der Waals surface area contributed by atoms with Crippen LogP contribution < -0.4 is 5.32 Å². The summed E-state index contributed by atoms with van der Waals surface area (Å²) in [5, 5.41) is 7.60. The Hall–Kier alpha value is -0.540. The van der Waals surface area contributed by atoms with Gasteiger partial charge in [0.2, 0.25) is 0 Å². The van der Waals surface area contributed by atoms with Crippen LogP contribution in [0.1, 0.15) is 11.6 Å². The fourth-order valence-electron chi connectivity index (χ4n) is 2.57. The maximum absolute atomic E-state index is 4.20. The first-order valence-corrected chi connectivity index (χ1v) is 4.56. The lowest BCUT2D eigenvalue weighted by atomic mass is 10.2. The molecule has 3 rings (SSSR count). The van der Waals surface area contributed by atoms with Gasteiger partial charge in [0.25, 0.3) is 0 Å². The van der Waals surface area contributed by atoms with Crippen LogP contribution in [0.3, 0.4) is 0 Å². The van der Waals surface area contributed by atoms with Gasteiger partial charge in [0.1, 0.15) is 0 Å². The predicted octanol–water partition coefficient (Wildman–Crippen LogP) is 0.775. The van der Waals surface area contributed by atoms with Gasteiger partial charge in [0.05, 0.1) is 0 Å². The summed E-state index contributed by atoms with van der Waals surface area (Å²) in [5.74, 6) is 2.61. The standard InChI is InChI=1S/C9H13N3.ClH/c1-12-8(2-3-11-12)9-6-4-10-5-7(6)9;/h2-3,6-7,9-10H,4-5H2,1H3;1H/t6-,7+,9-;. The summed E-state index contributed by atoms with van der Waals surface area (Å²) in [5.41, 5.74) is 1.42. The second-order valence-electron chi connectivity index (χ2n) is 3.89. The quantitative estimate of drug-likeness (QED) is 0.725. The summed E-state index contributed by atoms with van der Waals surface area (Å²) in [4.78, 5) is 0. The Kier molecular flexibility index (Phi) is 2.08. The highest BCUT2D eigenvalue weighted by Crippen LogP contribution is 2.55. The van der Waals surface area contributed by atoms with Crippen molar-refractivity contribution >= 4 is 12.4 Å². The van der Waals surface area contributed by atoms with Crippen LogP contribution >= 0.6 is 12.4 Å². The molecule has 2 fully saturated rings. The highest BCUT2D eigenvalue weighted by Gasteiger charge is 2.54. The number of aryl methyl sites for hydroxylation is 1. The van der Waals surface area contributed by atoms with Gasteiger partial charge in [-0.25, -0.2) is 0 Å². The van der Waals surface area contributed by atoms with E-state index in [0.29, 0.717) is 0 Å². The molecule has 0 spiro atoms. The van der Waals surface area contributed by atoms with E-state index in [1.54, 1.807) is 0 Å². The maximum Gasteiger partial charge on any atom is 0.0492 e. The molecule has 1 aliphatic heterocycles. The van der Waals surface area contributed by atoms with E-state index in [4.69, 9.17) is 0 Å². The number of piperidine rings is 1. The molecule has 1 N–H and O–H groups in total. The second-order valence-corrected chi connectivity index (χ2v) is 3.89. The molecule has 3 atom stereocenters. The maximum atomic E-state index is 4.20. The van der Waals surface area contributed by atoms with Crippen LogP contribution in [0.4, 0.5) is 0 Å². The Labute approximate surface area is 83.9 Å². The third-order valence-corrected chi connectivity index (χ3v) is 3.29. The summed E-state index contributed by atoms with van der Waals surface area (Å²) >= 11 is 0. The minimum atomic E-state index is 0. The molecule has 1 aliphatic carbocycles. The third-order valence-electron chi connectivity index (χ3n) is 3.29. The van der Waals surface area contributed by atoms with E-state index in [1.165, 1.54) is 18.8 Å². The van der Waals surface area contributed by atoms with Gasteiger partial charge in [-0.1, -0.05) is 0 Å². The van der Waals surface area contributed by atoms with Crippen molar-refractivity contribution in [2.24, 2.45) is 18.9 Å². The first-order valence-electron chi connectivity index (χ1n) is 4.56. The average molecular weight is 200 g/mol. The predicted molar refractivity (Wildman–Crippen MR) is 53.0 cm³/mol. The molecule has 0 radical (unpaired) electrons. The van der Waals surface area contributed by atoms with E-state index in [9.17, 15) is 0 Å². The summed E-state index contributed by atoms with van der Waals surface area (Å²) in [7, 11) is 2.04. The van der Waals surface area contributed by atoms with Crippen molar-refractivity contribution < 1.29 is 0 Å².